The molecule has 3 unspecified atom stereocenters. The number of nitrogens with two attached hydrogens (primary N) is 1. The van der Waals surface area contributed by atoms with E-state index in [-0.39, 0.29) is 0 Å². The number of hydrogen-bond acceptors (Lipinski definition) is 2. The van der Waals surface area contributed by atoms with Crippen molar-refractivity contribution in [2.24, 2.45) is 11.7 Å². The van der Waals surface area contributed by atoms with E-state index in [0.717, 1.165) is 18.5 Å². The Morgan fingerprint density at radius 1 is 1.38 bits per heavy atom. The lowest BCUT2D eigenvalue weighted by atomic mass is 9.86. The summed E-state index contributed by atoms with van der Waals surface area (Å²) in [6, 6.07) is 1.17. The summed E-state index contributed by atoms with van der Waals surface area (Å²) in [5, 5.41) is 0. The van der Waals surface area contributed by atoms with E-state index in [2.05, 4.69) is 25.8 Å². The molecule has 0 radical (unpaired) electrons. The Morgan fingerprint density at radius 2 is 2.12 bits per heavy atom. The predicted octanol–water partition coefficient (Wildman–Crippen LogP) is 3.01. The summed E-state index contributed by atoms with van der Waals surface area (Å²) >= 11 is 0. The molecule has 1 aliphatic rings. The van der Waals surface area contributed by atoms with E-state index in [1.165, 1.54) is 44.9 Å². The largest absolute Gasteiger partial charge is 0.327 e. The normalized spacial score (nSPS) is 28.3. The fourth-order valence-electron chi connectivity index (χ4n) is 2.88. The molecule has 0 aliphatic heterocycles. The van der Waals surface area contributed by atoms with E-state index < -0.39 is 0 Å². The number of unbranched alkanes of at least 4 members (excludes halogenated alkanes) is 1. The van der Waals surface area contributed by atoms with Gasteiger partial charge in [0.25, 0.3) is 0 Å². The van der Waals surface area contributed by atoms with Gasteiger partial charge in [-0.15, -0.1) is 0 Å². The Labute approximate surface area is 102 Å². The zero-order chi connectivity index (χ0) is 12.0. The van der Waals surface area contributed by atoms with Crippen molar-refractivity contribution < 1.29 is 0 Å². The lowest BCUT2D eigenvalue weighted by Crippen LogP contribution is -2.42. The molecule has 1 fully saturated rings. The molecule has 2 heteroatoms. The van der Waals surface area contributed by atoms with Gasteiger partial charge in [0.1, 0.15) is 0 Å². The molecule has 1 rings (SSSR count). The summed E-state index contributed by atoms with van der Waals surface area (Å²) in [7, 11) is 2.26. The van der Waals surface area contributed by atoms with Gasteiger partial charge in [-0.05, 0) is 32.2 Å². The van der Waals surface area contributed by atoms with Crippen LogP contribution in [0.5, 0.6) is 0 Å². The molecule has 0 aromatic carbocycles. The Bertz CT molecular complexity index is 182. The number of nitrogens with zero attached hydrogens (tertiary/aromatic N) is 1. The highest BCUT2D eigenvalue weighted by molar-refractivity contribution is 4.79. The highest BCUT2D eigenvalue weighted by atomic mass is 15.1. The van der Waals surface area contributed by atoms with Crippen molar-refractivity contribution in [1.82, 2.24) is 4.90 Å². The minimum atomic E-state index is 0.377. The van der Waals surface area contributed by atoms with Crippen LogP contribution in [0.25, 0.3) is 0 Å². The standard InChI is InChI=1S/C14H30N2/c1-4-5-8-13(15)11-16(3)14-9-6-7-12(2)10-14/h12-14H,4-11,15H2,1-3H3. The van der Waals surface area contributed by atoms with Gasteiger partial charge in [-0.25, -0.2) is 0 Å². The van der Waals surface area contributed by atoms with Gasteiger partial charge in [-0.2, -0.15) is 0 Å². The molecule has 0 aromatic heterocycles. The lowest BCUT2D eigenvalue weighted by molar-refractivity contribution is 0.155. The average Bonchev–Trinajstić information content (AvgIpc) is 2.26. The smallest absolute Gasteiger partial charge is 0.0167 e. The zero-order valence-electron chi connectivity index (χ0n) is 11.4. The number of hydrogen-bond donors (Lipinski definition) is 1. The SMILES string of the molecule is CCCCC(N)CN(C)C1CCCC(C)C1. The van der Waals surface area contributed by atoms with Crippen molar-refractivity contribution >= 4 is 0 Å². The molecule has 0 amide bonds. The van der Waals surface area contributed by atoms with Crippen LogP contribution in [0.3, 0.4) is 0 Å². The molecule has 0 bridgehead atoms. The van der Waals surface area contributed by atoms with Crippen LogP contribution in [-0.4, -0.2) is 30.6 Å². The Balaban J connectivity index is 2.24. The van der Waals surface area contributed by atoms with Crippen LogP contribution in [-0.2, 0) is 0 Å². The fourth-order valence-corrected chi connectivity index (χ4v) is 2.88. The van der Waals surface area contributed by atoms with Crippen molar-refractivity contribution in [1.29, 1.82) is 0 Å². The fraction of sp³-hybridized carbons (Fsp3) is 1.00. The van der Waals surface area contributed by atoms with Gasteiger partial charge < -0.3 is 10.6 Å². The lowest BCUT2D eigenvalue weighted by Gasteiger charge is -2.35. The quantitative estimate of drug-likeness (QED) is 0.754. The molecule has 1 saturated carbocycles. The first kappa shape index (κ1) is 14.0. The maximum atomic E-state index is 6.16. The minimum Gasteiger partial charge on any atom is -0.327 e. The van der Waals surface area contributed by atoms with Gasteiger partial charge in [-0.3, -0.25) is 0 Å². The summed E-state index contributed by atoms with van der Waals surface area (Å²) in [6.45, 7) is 5.70. The Kier molecular flexibility index (Phi) is 6.37. The zero-order valence-corrected chi connectivity index (χ0v) is 11.4. The summed E-state index contributed by atoms with van der Waals surface area (Å²) in [5.41, 5.74) is 6.16. The molecule has 0 aromatic rings. The van der Waals surface area contributed by atoms with Crippen LogP contribution in [0.1, 0.15) is 58.8 Å². The van der Waals surface area contributed by atoms with Crippen molar-refractivity contribution in [3.63, 3.8) is 0 Å². The molecule has 1 aliphatic carbocycles. The molecule has 0 heterocycles. The maximum absolute atomic E-state index is 6.16. The van der Waals surface area contributed by atoms with Gasteiger partial charge in [0, 0.05) is 18.6 Å². The Morgan fingerprint density at radius 3 is 2.75 bits per heavy atom. The highest BCUT2D eigenvalue weighted by Gasteiger charge is 2.23. The third-order valence-corrected chi connectivity index (χ3v) is 3.98. The van der Waals surface area contributed by atoms with Crippen molar-refractivity contribution in [3.8, 4) is 0 Å². The first-order valence-corrected chi connectivity index (χ1v) is 7.09. The molecule has 2 nitrogen and oxygen atoms in total. The minimum absolute atomic E-state index is 0.377. The van der Waals surface area contributed by atoms with Crippen LogP contribution in [0, 0.1) is 5.92 Å². The van der Waals surface area contributed by atoms with Gasteiger partial charge in [0.2, 0.25) is 0 Å². The van der Waals surface area contributed by atoms with Gasteiger partial charge in [0.05, 0.1) is 0 Å². The molecule has 0 spiro atoms. The predicted molar refractivity (Wildman–Crippen MR) is 71.6 cm³/mol. The molecule has 0 saturated heterocycles. The van der Waals surface area contributed by atoms with Crippen LogP contribution in [0.2, 0.25) is 0 Å². The highest BCUT2D eigenvalue weighted by Crippen LogP contribution is 2.26. The molecular formula is C14H30N2. The second-order valence-corrected chi connectivity index (χ2v) is 5.77. The van der Waals surface area contributed by atoms with Crippen LogP contribution in [0.4, 0.5) is 0 Å². The Hall–Kier alpha value is -0.0800. The van der Waals surface area contributed by atoms with Crippen molar-refractivity contribution in [2.45, 2.75) is 70.9 Å². The summed E-state index contributed by atoms with van der Waals surface area (Å²) in [6.07, 6.45) is 9.29. The molecule has 16 heavy (non-hydrogen) atoms. The summed E-state index contributed by atoms with van der Waals surface area (Å²) in [5.74, 6) is 0.910. The maximum Gasteiger partial charge on any atom is 0.0167 e. The summed E-state index contributed by atoms with van der Waals surface area (Å²) in [4.78, 5) is 2.51. The first-order chi connectivity index (χ1) is 7.63. The van der Waals surface area contributed by atoms with E-state index in [1.54, 1.807) is 0 Å². The van der Waals surface area contributed by atoms with Crippen LogP contribution < -0.4 is 5.73 Å². The van der Waals surface area contributed by atoms with E-state index in [1.807, 2.05) is 0 Å². The molecule has 3 atom stereocenters. The van der Waals surface area contributed by atoms with Crippen molar-refractivity contribution in [3.05, 3.63) is 0 Å². The molecule has 96 valence electrons. The van der Waals surface area contributed by atoms with Crippen LogP contribution >= 0.6 is 0 Å². The third kappa shape index (κ3) is 4.84. The second-order valence-electron chi connectivity index (χ2n) is 5.77. The summed E-state index contributed by atoms with van der Waals surface area (Å²) < 4.78 is 0. The van der Waals surface area contributed by atoms with Crippen LogP contribution in [0.15, 0.2) is 0 Å². The van der Waals surface area contributed by atoms with Gasteiger partial charge >= 0.3 is 0 Å². The van der Waals surface area contributed by atoms with E-state index in [9.17, 15) is 0 Å². The molecule has 2 N–H and O–H groups in total. The average molecular weight is 226 g/mol. The van der Waals surface area contributed by atoms with E-state index >= 15 is 0 Å². The number of likely N-dealkylation sites (N-methyl/N-ethyl adjacent to an activating group) is 1. The molecular weight excluding hydrogens is 196 g/mol. The number of rotatable bonds is 6. The monoisotopic (exact) mass is 226 g/mol. The van der Waals surface area contributed by atoms with E-state index in [0.29, 0.717) is 6.04 Å². The van der Waals surface area contributed by atoms with Gasteiger partial charge in [-0.1, -0.05) is 39.5 Å². The third-order valence-electron chi connectivity index (χ3n) is 3.98. The second kappa shape index (κ2) is 7.29. The van der Waals surface area contributed by atoms with Gasteiger partial charge in [0.15, 0.2) is 0 Å². The van der Waals surface area contributed by atoms with Crippen molar-refractivity contribution in [2.75, 3.05) is 13.6 Å². The first-order valence-electron chi connectivity index (χ1n) is 7.09. The topological polar surface area (TPSA) is 29.3 Å². The van der Waals surface area contributed by atoms with E-state index in [4.69, 9.17) is 5.73 Å².